The minimum atomic E-state index is -0.896. The van der Waals surface area contributed by atoms with Crippen LogP contribution in [0.1, 0.15) is 35.3 Å². The molecule has 0 spiro atoms. The molecule has 0 unspecified atom stereocenters. The first-order valence-corrected chi connectivity index (χ1v) is 12.7. The molecule has 2 aromatic heterocycles. The maximum atomic E-state index is 12.3. The maximum absolute atomic E-state index is 12.3. The summed E-state index contributed by atoms with van der Waals surface area (Å²) in [5.41, 5.74) is 4.94. The molecule has 35 heavy (non-hydrogen) atoms. The van der Waals surface area contributed by atoms with Crippen LogP contribution in [0.15, 0.2) is 53.4 Å². The van der Waals surface area contributed by atoms with Crippen LogP contribution >= 0.6 is 11.3 Å². The Balaban J connectivity index is 1.34. The minimum Gasteiger partial charge on any atom is -0.465 e. The van der Waals surface area contributed by atoms with E-state index in [1.165, 1.54) is 16.2 Å². The molecular weight excluding hydrogens is 462 g/mol. The SMILES string of the molecule is CN(C)C(=O)c1cccc(-c2cccc(N3CCC(CCN(Cc4cscn4)C(=O)O)CC3)n2)c1. The fourth-order valence-electron chi connectivity index (χ4n) is 4.37. The molecule has 4 rings (SSSR count). The van der Waals surface area contributed by atoms with Gasteiger partial charge < -0.3 is 19.8 Å². The van der Waals surface area contributed by atoms with Gasteiger partial charge in [-0.05, 0) is 49.4 Å². The lowest BCUT2D eigenvalue weighted by molar-refractivity contribution is 0.0827. The molecule has 0 saturated carbocycles. The third-order valence-corrected chi connectivity index (χ3v) is 7.03. The van der Waals surface area contributed by atoms with E-state index in [1.54, 1.807) is 24.5 Å². The Bertz CT molecular complexity index is 1140. The molecule has 1 aromatic carbocycles. The topological polar surface area (TPSA) is 89.9 Å². The molecule has 3 aromatic rings. The van der Waals surface area contributed by atoms with E-state index in [4.69, 9.17) is 4.98 Å². The van der Waals surface area contributed by atoms with E-state index in [9.17, 15) is 14.7 Å². The van der Waals surface area contributed by atoms with Crippen molar-refractivity contribution in [3.8, 4) is 11.3 Å². The molecule has 3 heterocycles. The summed E-state index contributed by atoms with van der Waals surface area (Å²) in [6.45, 7) is 2.64. The normalized spacial score (nSPS) is 14.1. The lowest BCUT2D eigenvalue weighted by atomic mass is 9.93. The Kier molecular flexibility index (Phi) is 7.97. The average molecular weight is 494 g/mol. The number of pyridine rings is 1. The minimum absolute atomic E-state index is 0.0295. The monoisotopic (exact) mass is 493 g/mol. The lowest BCUT2D eigenvalue weighted by Gasteiger charge is -2.33. The number of rotatable bonds is 8. The molecule has 1 N–H and O–H groups in total. The van der Waals surface area contributed by atoms with E-state index in [0.717, 1.165) is 55.1 Å². The first-order valence-electron chi connectivity index (χ1n) is 11.8. The van der Waals surface area contributed by atoms with Crippen molar-refractivity contribution in [3.05, 3.63) is 64.6 Å². The highest BCUT2D eigenvalue weighted by molar-refractivity contribution is 7.07. The summed E-state index contributed by atoms with van der Waals surface area (Å²) < 4.78 is 0. The fraction of sp³-hybridized carbons (Fsp3) is 0.385. The summed E-state index contributed by atoms with van der Waals surface area (Å²) in [6, 6.07) is 13.6. The van der Waals surface area contributed by atoms with Crippen LogP contribution in [-0.4, -0.2) is 70.6 Å². The van der Waals surface area contributed by atoms with E-state index in [-0.39, 0.29) is 5.91 Å². The Morgan fingerprint density at radius 2 is 1.91 bits per heavy atom. The second-order valence-corrected chi connectivity index (χ2v) is 9.78. The third kappa shape index (κ3) is 6.36. The van der Waals surface area contributed by atoms with Crippen LogP contribution in [0, 0.1) is 5.92 Å². The van der Waals surface area contributed by atoms with E-state index >= 15 is 0 Å². The van der Waals surface area contributed by atoms with Crippen molar-refractivity contribution >= 4 is 29.2 Å². The fourth-order valence-corrected chi connectivity index (χ4v) is 4.92. The zero-order valence-corrected chi connectivity index (χ0v) is 20.9. The number of piperidine rings is 1. The molecule has 1 aliphatic rings. The van der Waals surface area contributed by atoms with Crippen molar-refractivity contribution in [1.82, 2.24) is 19.8 Å². The molecule has 0 bridgehead atoms. The second-order valence-electron chi connectivity index (χ2n) is 9.06. The van der Waals surface area contributed by atoms with Crippen molar-refractivity contribution < 1.29 is 14.7 Å². The number of hydrogen-bond donors (Lipinski definition) is 1. The van der Waals surface area contributed by atoms with Crippen molar-refractivity contribution in [2.24, 2.45) is 5.92 Å². The number of thiazole rings is 1. The highest BCUT2D eigenvalue weighted by Gasteiger charge is 2.22. The summed E-state index contributed by atoms with van der Waals surface area (Å²) in [4.78, 5) is 38.4. The lowest BCUT2D eigenvalue weighted by Crippen LogP contribution is -2.36. The Hall–Kier alpha value is -3.46. The van der Waals surface area contributed by atoms with E-state index in [0.29, 0.717) is 24.6 Å². The van der Waals surface area contributed by atoms with Gasteiger partial charge in [-0.1, -0.05) is 18.2 Å². The highest BCUT2D eigenvalue weighted by Crippen LogP contribution is 2.27. The Morgan fingerprint density at radius 3 is 2.60 bits per heavy atom. The quantitative estimate of drug-likeness (QED) is 0.490. The van der Waals surface area contributed by atoms with Crippen LogP contribution in [-0.2, 0) is 6.54 Å². The van der Waals surface area contributed by atoms with Crippen LogP contribution in [0.3, 0.4) is 0 Å². The van der Waals surface area contributed by atoms with E-state index in [2.05, 4.69) is 9.88 Å². The number of carbonyl (C=O) groups excluding carboxylic acids is 1. The standard InChI is InChI=1S/C26H31N5O3S/c1-29(2)25(32)21-6-3-5-20(15-21)23-7-4-8-24(28-23)30-12-9-19(10-13-30)11-14-31(26(33)34)16-22-17-35-18-27-22/h3-8,15,17-19H,9-14,16H2,1-2H3,(H,33,34). The zero-order valence-electron chi connectivity index (χ0n) is 20.1. The van der Waals surface area contributed by atoms with Crippen LogP contribution in [0.5, 0.6) is 0 Å². The summed E-state index contributed by atoms with van der Waals surface area (Å²) in [7, 11) is 3.50. The van der Waals surface area contributed by atoms with E-state index in [1.807, 2.05) is 47.8 Å². The molecule has 0 aliphatic carbocycles. The maximum Gasteiger partial charge on any atom is 0.407 e. The summed E-state index contributed by atoms with van der Waals surface area (Å²) >= 11 is 1.48. The number of hydrogen-bond acceptors (Lipinski definition) is 6. The van der Waals surface area contributed by atoms with Gasteiger partial charge in [0, 0.05) is 50.2 Å². The zero-order chi connectivity index (χ0) is 24.8. The van der Waals surface area contributed by atoms with Crippen LogP contribution in [0.2, 0.25) is 0 Å². The third-order valence-electron chi connectivity index (χ3n) is 6.40. The molecule has 0 atom stereocenters. The van der Waals surface area contributed by atoms with Gasteiger partial charge in [0.2, 0.25) is 0 Å². The Labute approximate surface area is 209 Å². The number of anilines is 1. The van der Waals surface area contributed by atoms with Gasteiger partial charge in [0.15, 0.2) is 0 Å². The van der Waals surface area contributed by atoms with Gasteiger partial charge in [0.05, 0.1) is 23.4 Å². The number of carbonyl (C=O) groups is 2. The largest absolute Gasteiger partial charge is 0.465 e. The predicted octanol–water partition coefficient (Wildman–Crippen LogP) is 4.69. The number of benzene rings is 1. The van der Waals surface area contributed by atoms with Crippen molar-refractivity contribution in [2.75, 3.05) is 38.6 Å². The van der Waals surface area contributed by atoms with E-state index < -0.39 is 6.09 Å². The van der Waals surface area contributed by atoms with Crippen LogP contribution in [0.4, 0.5) is 10.6 Å². The van der Waals surface area contributed by atoms with Gasteiger partial charge in [-0.2, -0.15) is 0 Å². The van der Waals surface area contributed by atoms with Gasteiger partial charge in [-0.25, -0.2) is 14.8 Å². The predicted molar refractivity (Wildman–Crippen MR) is 138 cm³/mol. The summed E-state index contributed by atoms with van der Waals surface area (Å²) in [5.74, 6) is 1.39. The van der Waals surface area contributed by atoms with Gasteiger partial charge in [0.1, 0.15) is 5.82 Å². The average Bonchev–Trinajstić information content (AvgIpc) is 3.39. The Morgan fingerprint density at radius 1 is 1.14 bits per heavy atom. The van der Waals surface area contributed by atoms with Crippen molar-refractivity contribution in [1.29, 1.82) is 0 Å². The van der Waals surface area contributed by atoms with Gasteiger partial charge in [-0.15, -0.1) is 11.3 Å². The van der Waals surface area contributed by atoms with Crippen LogP contribution < -0.4 is 4.90 Å². The molecule has 1 saturated heterocycles. The molecule has 0 radical (unpaired) electrons. The summed E-state index contributed by atoms with van der Waals surface area (Å²) in [6.07, 6.45) is 1.96. The summed E-state index contributed by atoms with van der Waals surface area (Å²) in [5, 5.41) is 11.4. The van der Waals surface area contributed by atoms with Gasteiger partial charge in [0.25, 0.3) is 5.91 Å². The molecule has 8 nitrogen and oxygen atoms in total. The molecule has 1 aliphatic heterocycles. The number of aromatic nitrogens is 2. The highest BCUT2D eigenvalue weighted by atomic mass is 32.1. The van der Waals surface area contributed by atoms with Crippen molar-refractivity contribution in [3.63, 3.8) is 0 Å². The first kappa shape index (κ1) is 24.7. The van der Waals surface area contributed by atoms with Crippen molar-refractivity contribution in [2.45, 2.75) is 25.8 Å². The molecule has 9 heteroatoms. The smallest absolute Gasteiger partial charge is 0.407 e. The number of amides is 2. The van der Waals surface area contributed by atoms with Crippen LogP contribution in [0.25, 0.3) is 11.3 Å². The number of carboxylic acid groups (broad SMARTS) is 1. The van der Waals surface area contributed by atoms with Gasteiger partial charge in [-0.3, -0.25) is 4.79 Å². The molecule has 1 fully saturated rings. The van der Waals surface area contributed by atoms with Gasteiger partial charge >= 0.3 is 6.09 Å². The first-order chi connectivity index (χ1) is 16.9. The number of nitrogens with zero attached hydrogens (tertiary/aromatic N) is 5. The second kappa shape index (κ2) is 11.3. The molecule has 2 amide bonds. The molecule has 184 valence electrons. The molecular formula is C26H31N5O3S.